The molecule has 0 aliphatic carbocycles. The number of carbonyl (C=O) groups excluding carboxylic acids is 2. The van der Waals surface area contributed by atoms with Crippen LogP contribution in [0.3, 0.4) is 0 Å². The monoisotopic (exact) mass is 339 g/mol. The number of nitrogens with zero attached hydrogens (tertiary/aromatic N) is 1. The highest BCUT2D eigenvalue weighted by Crippen LogP contribution is 2.35. The number of carbonyl (C=O) groups is 2. The van der Waals surface area contributed by atoms with Crippen molar-refractivity contribution in [3.8, 4) is 0 Å². The van der Waals surface area contributed by atoms with Gasteiger partial charge in [-0.05, 0) is 23.9 Å². The van der Waals surface area contributed by atoms with E-state index in [2.05, 4.69) is 5.32 Å². The van der Waals surface area contributed by atoms with Crippen LogP contribution in [0.2, 0.25) is 5.02 Å². The molecule has 0 saturated carbocycles. The molecule has 2 aliphatic heterocycles. The minimum Gasteiger partial charge on any atom is -0.390 e. The fourth-order valence-corrected chi connectivity index (χ4v) is 3.51. The number of nitrogens with two attached hydrogens (primary N) is 1. The number of hydrogen-bond donors (Lipinski definition) is 3. The third-order valence-electron chi connectivity index (χ3n) is 3.60. The van der Waals surface area contributed by atoms with Crippen LogP contribution in [0.4, 0.5) is 10.5 Å². The number of amides is 2. The molecular formula is C14H14ClN3O3S. The van der Waals surface area contributed by atoms with Crippen molar-refractivity contribution in [1.82, 2.24) is 5.32 Å². The summed E-state index contributed by atoms with van der Waals surface area (Å²) in [5, 5.41) is 12.2. The van der Waals surface area contributed by atoms with Gasteiger partial charge in [-0.2, -0.15) is 0 Å². The summed E-state index contributed by atoms with van der Waals surface area (Å²) in [6.07, 6.45) is 1.00. The van der Waals surface area contributed by atoms with E-state index >= 15 is 0 Å². The number of imide groups is 1. The second-order valence-corrected chi connectivity index (χ2v) is 6.59. The summed E-state index contributed by atoms with van der Waals surface area (Å²) in [5.74, 6) is -0.418. The summed E-state index contributed by atoms with van der Waals surface area (Å²) in [4.78, 5) is 25.1. The molecule has 4 N–H and O–H groups in total. The number of halogens is 1. The molecule has 22 heavy (non-hydrogen) atoms. The standard InChI is InChI=1S/C14H14ClN3O3S/c15-8-3-1-2-7(4-11-13(20)17-14(21)22-11)12(8)18-5-9(16)10(19)6-18/h1-4,9-10,19H,5-6,16H2,(H,17,20,21)/b11-4-/t9?,10-/m0/s1. The number of rotatable bonds is 2. The van der Waals surface area contributed by atoms with E-state index in [9.17, 15) is 14.7 Å². The van der Waals surface area contributed by atoms with Crippen LogP contribution in [0.25, 0.3) is 6.08 Å². The molecule has 2 fully saturated rings. The van der Waals surface area contributed by atoms with Crippen molar-refractivity contribution in [2.75, 3.05) is 18.0 Å². The Balaban J connectivity index is 1.99. The molecule has 2 amide bonds. The molecule has 1 aromatic rings. The van der Waals surface area contributed by atoms with E-state index < -0.39 is 17.3 Å². The van der Waals surface area contributed by atoms with Crippen LogP contribution < -0.4 is 16.0 Å². The predicted molar refractivity (Wildman–Crippen MR) is 86.8 cm³/mol. The minimum absolute atomic E-state index is 0.317. The molecule has 0 spiro atoms. The number of anilines is 1. The minimum atomic E-state index is -0.623. The Morgan fingerprint density at radius 2 is 2.18 bits per heavy atom. The van der Waals surface area contributed by atoms with Crippen molar-refractivity contribution in [2.45, 2.75) is 12.1 Å². The van der Waals surface area contributed by atoms with Gasteiger partial charge < -0.3 is 15.7 Å². The first kappa shape index (κ1) is 15.4. The van der Waals surface area contributed by atoms with Gasteiger partial charge in [0, 0.05) is 24.7 Å². The first-order valence-corrected chi connectivity index (χ1v) is 7.87. The molecule has 2 heterocycles. The van der Waals surface area contributed by atoms with Crippen molar-refractivity contribution in [1.29, 1.82) is 0 Å². The highest BCUT2D eigenvalue weighted by atomic mass is 35.5. The zero-order chi connectivity index (χ0) is 15.9. The van der Waals surface area contributed by atoms with Crippen molar-refractivity contribution in [3.63, 3.8) is 0 Å². The van der Waals surface area contributed by atoms with E-state index in [-0.39, 0.29) is 6.04 Å². The summed E-state index contributed by atoms with van der Waals surface area (Å²) >= 11 is 7.14. The number of benzene rings is 1. The third-order valence-corrected chi connectivity index (χ3v) is 4.71. The van der Waals surface area contributed by atoms with Crippen molar-refractivity contribution in [2.24, 2.45) is 5.73 Å². The molecule has 8 heteroatoms. The normalized spacial score (nSPS) is 26.9. The fourth-order valence-electron chi connectivity index (χ4n) is 2.54. The number of aliphatic hydroxyl groups is 1. The second-order valence-electron chi connectivity index (χ2n) is 5.17. The Labute approximate surface area is 136 Å². The van der Waals surface area contributed by atoms with Gasteiger partial charge in [0.1, 0.15) is 0 Å². The number of thioether (sulfide) groups is 1. The van der Waals surface area contributed by atoms with E-state index in [1.165, 1.54) is 0 Å². The maximum Gasteiger partial charge on any atom is 0.290 e. The molecule has 0 radical (unpaired) electrons. The Kier molecular flexibility index (Phi) is 4.14. The zero-order valence-corrected chi connectivity index (χ0v) is 13.0. The van der Waals surface area contributed by atoms with Gasteiger partial charge in [-0.3, -0.25) is 14.9 Å². The Bertz CT molecular complexity index is 669. The molecule has 1 aromatic carbocycles. The van der Waals surface area contributed by atoms with Crippen LogP contribution >= 0.6 is 23.4 Å². The summed E-state index contributed by atoms with van der Waals surface area (Å²) in [5.41, 5.74) is 7.26. The number of β-amino-alcohol motifs (C(OH)–C–C–N with tert-alkyl or cyclic N) is 1. The van der Waals surface area contributed by atoms with Crippen LogP contribution in [0.15, 0.2) is 23.1 Å². The number of aliphatic hydroxyl groups excluding tert-OH is 1. The number of para-hydroxylation sites is 1. The molecular weight excluding hydrogens is 326 g/mol. The molecule has 116 valence electrons. The topological polar surface area (TPSA) is 95.7 Å². The van der Waals surface area contributed by atoms with Gasteiger partial charge in [0.2, 0.25) is 0 Å². The van der Waals surface area contributed by atoms with Crippen LogP contribution in [0.1, 0.15) is 5.56 Å². The van der Waals surface area contributed by atoms with E-state index in [4.69, 9.17) is 17.3 Å². The van der Waals surface area contributed by atoms with Crippen LogP contribution in [-0.2, 0) is 4.79 Å². The lowest BCUT2D eigenvalue weighted by Gasteiger charge is -2.22. The quantitative estimate of drug-likeness (QED) is 0.700. The van der Waals surface area contributed by atoms with Crippen LogP contribution in [0.5, 0.6) is 0 Å². The van der Waals surface area contributed by atoms with E-state index in [1.54, 1.807) is 24.3 Å². The molecule has 2 atom stereocenters. The van der Waals surface area contributed by atoms with Crippen LogP contribution in [-0.4, -0.2) is 41.5 Å². The smallest absolute Gasteiger partial charge is 0.290 e. The fraction of sp³-hybridized carbons (Fsp3) is 0.286. The lowest BCUT2D eigenvalue weighted by Crippen LogP contribution is -2.32. The van der Waals surface area contributed by atoms with E-state index in [1.807, 2.05) is 4.90 Å². The summed E-state index contributed by atoms with van der Waals surface area (Å²) < 4.78 is 0. The second kappa shape index (κ2) is 5.92. The van der Waals surface area contributed by atoms with Crippen molar-refractivity contribution in [3.05, 3.63) is 33.7 Å². The SMILES string of the molecule is NC1CN(c2c(Cl)cccc2/C=C2\SC(=O)NC2=O)C[C@@H]1O. The maximum atomic E-state index is 11.7. The van der Waals surface area contributed by atoms with Gasteiger partial charge in [-0.25, -0.2) is 0 Å². The maximum absolute atomic E-state index is 11.7. The van der Waals surface area contributed by atoms with E-state index in [0.29, 0.717) is 34.3 Å². The largest absolute Gasteiger partial charge is 0.390 e. The molecule has 2 aliphatic rings. The van der Waals surface area contributed by atoms with E-state index in [0.717, 1.165) is 11.8 Å². The summed E-state index contributed by atoms with van der Waals surface area (Å²) in [6.45, 7) is 0.846. The predicted octanol–water partition coefficient (Wildman–Crippen LogP) is 1.17. The highest BCUT2D eigenvalue weighted by Gasteiger charge is 2.31. The highest BCUT2D eigenvalue weighted by molar-refractivity contribution is 8.18. The lowest BCUT2D eigenvalue weighted by molar-refractivity contribution is -0.115. The average Bonchev–Trinajstić information content (AvgIpc) is 2.93. The van der Waals surface area contributed by atoms with Gasteiger partial charge >= 0.3 is 0 Å². The number of hydrogen-bond acceptors (Lipinski definition) is 6. The molecule has 3 rings (SSSR count). The van der Waals surface area contributed by atoms with Crippen LogP contribution in [0, 0.1) is 0 Å². The number of nitrogens with one attached hydrogen (secondary N) is 1. The summed E-state index contributed by atoms with van der Waals surface area (Å²) in [7, 11) is 0. The average molecular weight is 340 g/mol. The van der Waals surface area contributed by atoms with Crippen molar-refractivity contribution < 1.29 is 14.7 Å². The first-order chi connectivity index (χ1) is 10.5. The van der Waals surface area contributed by atoms with Gasteiger partial charge in [0.25, 0.3) is 11.1 Å². The third kappa shape index (κ3) is 2.85. The molecule has 0 aromatic heterocycles. The van der Waals surface area contributed by atoms with Gasteiger partial charge in [0.15, 0.2) is 0 Å². The Morgan fingerprint density at radius 3 is 2.77 bits per heavy atom. The first-order valence-electron chi connectivity index (χ1n) is 6.67. The molecule has 6 nitrogen and oxygen atoms in total. The molecule has 0 bridgehead atoms. The van der Waals surface area contributed by atoms with Gasteiger partial charge in [-0.15, -0.1) is 0 Å². The Hall–Kier alpha value is -1.54. The zero-order valence-electron chi connectivity index (χ0n) is 11.5. The molecule has 2 saturated heterocycles. The van der Waals surface area contributed by atoms with Gasteiger partial charge in [-0.1, -0.05) is 23.7 Å². The molecule has 1 unspecified atom stereocenters. The lowest BCUT2D eigenvalue weighted by atomic mass is 10.1. The van der Waals surface area contributed by atoms with Gasteiger partial charge in [0.05, 0.1) is 21.7 Å². The Morgan fingerprint density at radius 1 is 1.41 bits per heavy atom. The van der Waals surface area contributed by atoms with Crippen molar-refractivity contribution >= 4 is 46.3 Å². The summed E-state index contributed by atoms with van der Waals surface area (Å²) in [6, 6.07) is 4.97.